The van der Waals surface area contributed by atoms with Gasteiger partial charge in [-0.05, 0) is 55.3 Å². The normalized spacial score (nSPS) is 11.5. The van der Waals surface area contributed by atoms with Gasteiger partial charge in [0.2, 0.25) is 10.9 Å². The van der Waals surface area contributed by atoms with Crippen molar-refractivity contribution >= 4 is 45.6 Å². The molecule has 1 amide bonds. The van der Waals surface area contributed by atoms with E-state index in [-0.39, 0.29) is 5.91 Å². The maximum atomic E-state index is 12.6. The van der Waals surface area contributed by atoms with Crippen LogP contribution in [-0.2, 0) is 11.2 Å². The number of nitrogens with zero attached hydrogens (tertiary/aromatic N) is 4. The van der Waals surface area contributed by atoms with Crippen molar-refractivity contribution in [3.63, 3.8) is 0 Å². The molecule has 3 aromatic heterocycles. The summed E-state index contributed by atoms with van der Waals surface area (Å²) in [5.74, 6) is 1.82. The van der Waals surface area contributed by atoms with Crippen molar-refractivity contribution in [3.8, 4) is 21.9 Å². The molecule has 0 spiro atoms. The summed E-state index contributed by atoms with van der Waals surface area (Å²) < 4.78 is 7.63. The summed E-state index contributed by atoms with van der Waals surface area (Å²) in [5.41, 5.74) is 4.46. The maximum Gasteiger partial charge on any atom is 0.248 e. The van der Waals surface area contributed by atoms with E-state index in [1.54, 1.807) is 10.6 Å². The van der Waals surface area contributed by atoms with E-state index in [1.165, 1.54) is 17.4 Å². The number of fused-ring (bicyclic) bond motifs is 1. The second kappa shape index (κ2) is 9.48. The molecule has 0 aliphatic heterocycles. The summed E-state index contributed by atoms with van der Waals surface area (Å²) in [6.45, 7) is 5.92. The molecule has 2 aromatic carbocycles. The minimum atomic E-state index is -0.256. The summed E-state index contributed by atoms with van der Waals surface area (Å²) >= 11 is 7.68. The van der Waals surface area contributed by atoms with Gasteiger partial charge in [-0.1, -0.05) is 54.1 Å². The summed E-state index contributed by atoms with van der Waals surface area (Å²) in [7, 11) is 0. The Balaban J connectivity index is 1.31. The third kappa shape index (κ3) is 4.76. The van der Waals surface area contributed by atoms with Crippen LogP contribution in [0.15, 0.2) is 59.0 Å². The number of carbonyl (C=O) groups excluding carboxylic acids is 1. The first-order valence-corrected chi connectivity index (χ1v) is 12.3. The number of aromatic nitrogens is 4. The molecule has 0 radical (unpaired) electrons. The SMILES string of the molecule is CCc1nnc2sc(-c3ccc(C)c(NC(=O)/C=C/c4ccc(-c5ccc(C)c(Cl)c5)o4)c3)nn12. The molecule has 35 heavy (non-hydrogen) atoms. The smallest absolute Gasteiger partial charge is 0.248 e. The highest BCUT2D eigenvalue weighted by molar-refractivity contribution is 7.19. The lowest BCUT2D eigenvalue weighted by Crippen LogP contribution is -2.09. The fourth-order valence-electron chi connectivity index (χ4n) is 3.56. The highest BCUT2D eigenvalue weighted by Gasteiger charge is 2.13. The standard InChI is InChI=1S/C26H22ClN5O2S/c1-4-23-29-30-26-32(23)31-25(35-26)18-8-6-16(3)21(14-18)28-24(33)12-10-19-9-11-22(34-19)17-7-5-15(2)20(27)13-17/h5-14H,4H2,1-3H3,(H,28,33)/b12-10+. The van der Waals surface area contributed by atoms with E-state index in [0.717, 1.165) is 44.5 Å². The first-order chi connectivity index (χ1) is 16.9. The zero-order valence-corrected chi connectivity index (χ0v) is 20.9. The lowest BCUT2D eigenvalue weighted by molar-refractivity contribution is -0.111. The predicted molar refractivity (Wildman–Crippen MR) is 140 cm³/mol. The average Bonchev–Trinajstić information content (AvgIpc) is 3.57. The van der Waals surface area contributed by atoms with Crippen LogP contribution in [0.2, 0.25) is 5.02 Å². The van der Waals surface area contributed by atoms with Crippen molar-refractivity contribution < 1.29 is 9.21 Å². The number of benzene rings is 2. The zero-order valence-electron chi connectivity index (χ0n) is 19.4. The second-order valence-corrected chi connectivity index (χ2v) is 9.45. The Bertz CT molecular complexity index is 1580. The number of hydrogen-bond acceptors (Lipinski definition) is 6. The topological polar surface area (TPSA) is 85.3 Å². The molecule has 0 unspecified atom stereocenters. The van der Waals surface area contributed by atoms with Crippen LogP contribution in [-0.4, -0.2) is 25.7 Å². The first kappa shape index (κ1) is 23.0. The highest BCUT2D eigenvalue weighted by Crippen LogP contribution is 2.30. The van der Waals surface area contributed by atoms with Gasteiger partial charge < -0.3 is 9.73 Å². The summed E-state index contributed by atoms with van der Waals surface area (Å²) in [6, 6.07) is 15.3. The van der Waals surface area contributed by atoms with E-state index in [0.29, 0.717) is 22.2 Å². The summed E-state index contributed by atoms with van der Waals surface area (Å²) in [4.78, 5) is 13.4. The van der Waals surface area contributed by atoms with Crippen LogP contribution in [0, 0.1) is 13.8 Å². The number of halogens is 1. The van der Waals surface area contributed by atoms with Crippen molar-refractivity contribution in [2.24, 2.45) is 0 Å². The van der Waals surface area contributed by atoms with Crippen LogP contribution in [0.1, 0.15) is 29.6 Å². The number of rotatable bonds is 6. The van der Waals surface area contributed by atoms with Crippen molar-refractivity contribution in [2.75, 3.05) is 5.32 Å². The van der Waals surface area contributed by atoms with E-state index in [1.807, 2.05) is 69.3 Å². The van der Waals surface area contributed by atoms with Crippen LogP contribution in [0.25, 0.3) is 32.9 Å². The van der Waals surface area contributed by atoms with Gasteiger partial charge in [0.25, 0.3) is 0 Å². The zero-order chi connectivity index (χ0) is 24.5. The third-order valence-electron chi connectivity index (χ3n) is 5.60. The Kier molecular flexibility index (Phi) is 6.23. The Labute approximate surface area is 211 Å². The van der Waals surface area contributed by atoms with Gasteiger partial charge in [0.15, 0.2) is 5.82 Å². The monoisotopic (exact) mass is 503 g/mol. The second-order valence-electron chi connectivity index (χ2n) is 8.09. The van der Waals surface area contributed by atoms with Crippen LogP contribution in [0.5, 0.6) is 0 Å². The molecule has 0 saturated heterocycles. The molecule has 0 saturated carbocycles. The van der Waals surface area contributed by atoms with Gasteiger partial charge in [-0.15, -0.1) is 10.2 Å². The molecular weight excluding hydrogens is 482 g/mol. The Hall–Kier alpha value is -3.75. The van der Waals surface area contributed by atoms with E-state index in [4.69, 9.17) is 16.0 Å². The largest absolute Gasteiger partial charge is 0.457 e. The van der Waals surface area contributed by atoms with Gasteiger partial charge in [0.1, 0.15) is 16.5 Å². The van der Waals surface area contributed by atoms with E-state index in [2.05, 4.69) is 20.6 Å². The van der Waals surface area contributed by atoms with Crippen LogP contribution in [0.4, 0.5) is 5.69 Å². The molecule has 3 heterocycles. The number of carbonyl (C=O) groups is 1. The Morgan fingerprint density at radius 1 is 1.09 bits per heavy atom. The van der Waals surface area contributed by atoms with Gasteiger partial charge in [0.05, 0.1) is 0 Å². The molecule has 7 nitrogen and oxygen atoms in total. The lowest BCUT2D eigenvalue weighted by atomic mass is 10.1. The molecule has 176 valence electrons. The van der Waals surface area contributed by atoms with Gasteiger partial charge in [0, 0.05) is 34.3 Å². The number of anilines is 1. The number of furan rings is 1. The molecule has 0 aliphatic rings. The van der Waals surface area contributed by atoms with Gasteiger partial charge in [-0.2, -0.15) is 9.61 Å². The lowest BCUT2D eigenvalue weighted by Gasteiger charge is -2.08. The highest BCUT2D eigenvalue weighted by atomic mass is 35.5. The molecule has 0 atom stereocenters. The number of nitrogens with one attached hydrogen (secondary N) is 1. The van der Waals surface area contributed by atoms with E-state index in [9.17, 15) is 4.79 Å². The van der Waals surface area contributed by atoms with Gasteiger partial charge in [-0.25, -0.2) is 0 Å². The van der Waals surface area contributed by atoms with Crippen LogP contribution >= 0.6 is 22.9 Å². The Morgan fingerprint density at radius 3 is 2.69 bits per heavy atom. The van der Waals surface area contributed by atoms with E-state index < -0.39 is 0 Å². The molecule has 5 rings (SSSR count). The summed E-state index contributed by atoms with van der Waals surface area (Å²) in [6.07, 6.45) is 3.85. The van der Waals surface area contributed by atoms with Crippen molar-refractivity contribution in [1.82, 2.24) is 19.8 Å². The average molecular weight is 504 g/mol. The minimum absolute atomic E-state index is 0.256. The van der Waals surface area contributed by atoms with Gasteiger partial charge in [-0.3, -0.25) is 4.79 Å². The minimum Gasteiger partial charge on any atom is -0.457 e. The fraction of sp³-hybridized carbons (Fsp3) is 0.154. The molecule has 9 heteroatoms. The molecule has 5 aromatic rings. The van der Waals surface area contributed by atoms with Gasteiger partial charge >= 0.3 is 0 Å². The first-order valence-electron chi connectivity index (χ1n) is 11.1. The quantitative estimate of drug-likeness (QED) is 0.264. The molecule has 1 N–H and O–H groups in total. The molecular formula is C26H22ClN5O2S. The maximum absolute atomic E-state index is 12.6. The summed E-state index contributed by atoms with van der Waals surface area (Å²) in [5, 5.41) is 17.4. The van der Waals surface area contributed by atoms with Crippen LogP contribution < -0.4 is 5.32 Å². The Morgan fingerprint density at radius 2 is 1.89 bits per heavy atom. The molecule has 0 fully saturated rings. The molecule has 0 bridgehead atoms. The number of amides is 1. The third-order valence-corrected chi connectivity index (χ3v) is 6.95. The number of hydrogen-bond donors (Lipinski definition) is 1. The number of aryl methyl sites for hydroxylation is 3. The van der Waals surface area contributed by atoms with Crippen molar-refractivity contribution in [1.29, 1.82) is 0 Å². The van der Waals surface area contributed by atoms with Crippen molar-refractivity contribution in [2.45, 2.75) is 27.2 Å². The fourth-order valence-corrected chi connectivity index (χ4v) is 4.60. The van der Waals surface area contributed by atoms with Crippen molar-refractivity contribution in [3.05, 3.63) is 82.3 Å². The van der Waals surface area contributed by atoms with Crippen LogP contribution in [0.3, 0.4) is 0 Å². The molecule has 0 aliphatic carbocycles. The van der Waals surface area contributed by atoms with E-state index >= 15 is 0 Å². The predicted octanol–water partition coefficient (Wildman–Crippen LogP) is 6.60.